The van der Waals surface area contributed by atoms with Crippen LogP contribution in [-0.4, -0.2) is 11.7 Å². The average molecular weight is 653 g/mol. The molecule has 0 bridgehead atoms. The highest BCUT2D eigenvalue weighted by Gasteiger charge is 2.47. The van der Waals surface area contributed by atoms with Crippen LogP contribution in [0.5, 0.6) is 11.5 Å². The number of ether oxygens (including phenoxy) is 1. The summed E-state index contributed by atoms with van der Waals surface area (Å²) in [5.74, 6) is 1.63. The molecule has 0 saturated carbocycles. The molecule has 11 rings (SSSR count). The molecule has 0 saturated heterocycles. The van der Waals surface area contributed by atoms with Gasteiger partial charge in [0.05, 0.1) is 34.6 Å². The van der Waals surface area contributed by atoms with Crippen molar-refractivity contribution in [2.75, 3.05) is 14.7 Å². The standard InChI is InChI=1S/C45H29BN4O/c1-2-16-31(17-3-1)48-37-22-8-6-20-34(37)46-35-21-7-9-23-38(35)49(32-18-13-27-47-29-32)44-43(46)40(48)28-41-45(44)51-42-26-11-10-24-39(42)50(41)36-25-12-15-30-14-4-5-19-33(30)36/h1-29H. The molecule has 51 heavy (non-hydrogen) atoms. The molecule has 4 heterocycles. The zero-order chi connectivity index (χ0) is 33.5. The van der Waals surface area contributed by atoms with Crippen molar-refractivity contribution in [3.8, 4) is 11.5 Å². The van der Waals surface area contributed by atoms with Gasteiger partial charge < -0.3 is 19.4 Å². The van der Waals surface area contributed by atoms with Crippen molar-refractivity contribution < 1.29 is 4.74 Å². The summed E-state index contributed by atoms with van der Waals surface area (Å²) in [4.78, 5) is 11.8. The predicted molar refractivity (Wildman–Crippen MR) is 211 cm³/mol. The maximum atomic E-state index is 7.19. The molecule has 7 aromatic carbocycles. The van der Waals surface area contributed by atoms with Crippen LogP contribution < -0.4 is 35.8 Å². The van der Waals surface area contributed by atoms with Gasteiger partial charge in [-0.15, -0.1) is 0 Å². The van der Waals surface area contributed by atoms with Crippen molar-refractivity contribution >= 4 is 85.1 Å². The second-order valence-electron chi connectivity index (χ2n) is 13.2. The summed E-state index contributed by atoms with van der Waals surface area (Å²) >= 11 is 0. The highest BCUT2D eigenvalue weighted by molar-refractivity contribution is 7.00. The van der Waals surface area contributed by atoms with Crippen LogP contribution in [0.25, 0.3) is 10.8 Å². The van der Waals surface area contributed by atoms with Gasteiger partial charge in [-0.05, 0) is 82.4 Å². The number of pyridine rings is 1. The lowest BCUT2D eigenvalue weighted by molar-refractivity contribution is 0.478. The van der Waals surface area contributed by atoms with E-state index in [2.05, 4.69) is 177 Å². The molecule has 5 nitrogen and oxygen atoms in total. The highest BCUT2D eigenvalue weighted by atomic mass is 16.5. The third-order valence-electron chi connectivity index (χ3n) is 10.5. The minimum Gasteiger partial charge on any atom is -0.451 e. The van der Waals surface area contributed by atoms with Gasteiger partial charge in [-0.2, -0.15) is 0 Å². The third-order valence-corrected chi connectivity index (χ3v) is 10.5. The molecule has 3 aliphatic rings. The molecule has 0 fully saturated rings. The summed E-state index contributed by atoms with van der Waals surface area (Å²) in [5, 5.41) is 2.36. The predicted octanol–water partition coefficient (Wildman–Crippen LogP) is 9.89. The van der Waals surface area contributed by atoms with Crippen molar-refractivity contribution in [3.05, 3.63) is 176 Å². The first-order valence-electron chi connectivity index (χ1n) is 17.3. The number of hydrogen-bond donors (Lipinski definition) is 0. The fourth-order valence-corrected chi connectivity index (χ4v) is 8.44. The Morgan fingerprint density at radius 2 is 1.12 bits per heavy atom. The number of anilines is 9. The highest BCUT2D eigenvalue weighted by Crippen LogP contribution is 2.59. The number of rotatable bonds is 3. The summed E-state index contributed by atoms with van der Waals surface area (Å²) in [5.41, 5.74) is 13.3. The zero-order valence-corrected chi connectivity index (χ0v) is 27.5. The average Bonchev–Trinajstić information content (AvgIpc) is 3.20. The van der Waals surface area contributed by atoms with E-state index in [1.54, 1.807) is 0 Å². The first-order valence-corrected chi connectivity index (χ1v) is 17.3. The minimum absolute atomic E-state index is 0.0210. The molecule has 0 N–H and O–H groups in total. The van der Waals surface area contributed by atoms with Gasteiger partial charge in [-0.25, -0.2) is 0 Å². The summed E-state index contributed by atoms with van der Waals surface area (Å²) < 4.78 is 7.19. The molecule has 0 unspecified atom stereocenters. The van der Waals surface area contributed by atoms with Gasteiger partial charge in [0.15, 0.2) is 11.5 Å². The first kappa shape index (κ1) is 28.1. The number of aromatic nitrogens is 1. The Hall–Kier alpha value is -6.79. The van der Waals surface area contributed by atoms with Gasteiger partial charge in [0.2, 0.25) is 0 Å². The van der Waals surface area contributed by atoms with Crippen LogP contribution >= 0.6 is 0 Å². The van der Waals surface area contributed by atoms with Crippen molar-refractivity contribution in [2.24, 2.45) is 0 Å². The second-order valence-corrected chi connectivity index (χ2v) is 13.2. The second kappa shape index (κ2) is 10.9. The first-order chi connectivity index (χ1) is 25.3. The molecule has 0 atom stereocenters. The van der Waals surface area contributed by atoms with Crippen LogP contribution in [0.4, 0.5) is 51.2 Å². The van der Waals surface area contributed by atoms with Gasteiger partial charge in [0.1, 0.15) is 0 Å². The smallest absolute Gasteiger partial charge is 0.252 e. The Balaban J connectivity index is 1.32. The summed E-state index contributed by atoms with van der Waals surface area (Å²) in [7, 11) is 0. The Morgan fingerprint density at radius 3 is 1.92 bits per heavy atom. The van der Waals surface area contributed by atoms with Gasteiger partial charge in [-0.3, -0.25) is 4.98 Å². The number of para-hydroxylation sites is 5. The molecule has 6 heteroatoms. The van der Waals surface area contributed by atoms with E-state index in [-0.39, 0.29) is 6.71 Å². The SMILES string of the molecule is c1ccc(N2c3ccccc3B3c4ccccc4N(c4cccnc4)c4c5c(cc2c43)N(c2cccc3ccccc23)c2ccccc2O5)cc1. The van der Waals surface area contributed by atoms with Crippen LogP contribution in [-0.2, 0) is 0 Å². The monoisotopic (exact) mass is 652 g/mol. The van der Waals surface area contributed by atoms with Crippen LogP contribution in [0, 0.1) is 0 Å². The Morgan fingerprint density at radius 1 is 0.471 bits per heavy atom. The number of fused-ring (bicyclic) bond motifs is 8. The fraction of sp³-hybridized carbons (Fsp3) is 0. The van der Waals surface area contributed by atoms with Crippen molar-refractivity contribution in [2.45, 2.75) is 0 Å². The van der Waals surface area contributed by atoms with Gasteiger partial charge in [-0.1, -0.05) is 103 Å². The maximum absolute atomic E-state index is 7.19. The molecule has 8 aromatic rings. The molecular formula is C45H29BN4O. The van der Waals surface area contributed by atoms with Gasteiger partial charge in [0, 0.05) is 34.3 Å². The third kappa shape index (κ3) is 4.02. The van der Waals surface area contributed by atoms with Crippen LogP contribution in [0.1, 0.15) is 0 Å². The normalized spacial score (nSPS) is 13.5. The Bertz CT molecular complexity index is 2650. The van der Waals surface area contributed by atoms with Gasteiger partial charge in [0.25, 0.3) is 6.71 Å². The molecule has 0 spiro atoms. The van der Waals surface area contributed by atoms with Crippen molar-refractivity contribution in [1.29, 1.82) is 0 Å². The molecule has 3 aliphatic heterocycles. The fourth-order valence-electron chi connectivity index (χ4n) is 8.44. The van der Waals surface area contributed by atoms with E-state index >= 15 is 0 Å². The number of benzene rings is 7. The lowest BCUT2D eigenvalue weighted by Crippen LogP contribution is -2.61. The van der Waals surface area contributed by atoms with E-state index in [1.807, 2.05) is 18.5 Å². The number of nitrogens with zero attached hydrogens (tertiary/aromatic N) is 4. The van der Waals surface area contributed by atoms with Crippen LogP contribution in [0.2, 0.25) is 0 Å². The number of hydrogen-bond acceptors (Lipinski definition) is 5. The van der Waals surface area contributed by atoms with Crippen LogP contribution in [0.3, 0.4) is 0 Å². The molecule has 0 amide bonds. The lowest BCUT2D eigenvalue weighted by atomic mass is 9.33. The summed E-state index contributed by atoms with van der Waals surface area (Å²) in [6.45, 7) is -0.0210. The van der Waals surface area contributed by atoms with E-state index in [0.717, 1.165) is 57.0 Å². The van der Waals surface area contributed by atoms with E-state index in [0.29, 0.717) is 0 Å². The molecule has 0 radical (unpaired) electrons. The maximum Gasteiger partial charge on any atom is 0.252 e. The van der Waals surface area contributed by atoms with E-state index in [4.69, 9.17) is 4.74 Å². The zero-order valence-electron chi connectivity index (χ0n) is 27.5. The summed E-state index contributed by atoms with van der Waals surface area (Å²) in [6.07, 6.45) is 3.79. The van der Waals surface area contributed by atoms with Crippen molar-refractivity contribution in [3.63, 3.8) is 0 Å². The van der Waals surface area contributed by atoms with E-state index < -0.39 is 0 Å². The van der Waals surface area contributed by atoms with Crippen molar-refractivity contribution in [1.82, 2.24) is 4.98 Å². The molecule has 238 valence electrons. The summed E-state index contributed by atoms with van der Waals surface area (Å²) in [6, 6.07) is 58.5. The molecular weight excluding hydrogens is 623 g/mol. The largest absolute Gasteiger partial charge is 0.451 e. The minimum atomic E-state index is -0.0210. The van der Waals surface area contributed by atoms with E-state index in [9.17, 15) is 0 Å². The lowest BCUT2D eigenvalue weighted by Gasteiger charge is -2.46. The van der Waals surface area contributed by atoms with Crippen LogP contribution in [0.15, 0.2) is 176 Å². The molecule has 1 aromatic heterocycles. The quantitative estimate of drug-likeness (QED) is 0.178. The Kier molecular flexibility index (Phi) is 5.98. The molecule has 0 aliphatic carbocycles. The Labute approximate surface area is 296 Å². The van der Waals surface area contributed by atoms with E-state index in [1.165, 1.54) is 32.8 Å². The van der Waals surface area contributed by atoms with Gasteiger partial charge >= 0.3 is 0 Å². The topological polar surface area (TPSA) is 31.8 Å².